The van der Waals surface area contributed by atoms with Crippen molar-refractivity contribution in [3.63, 3.8) is 0 Å². The second kappa shape index (κ2) is 6.49. The van der Waals surface area contributed by atoms with Gasteiger partial charge in [0.05, 0.1) is 10.9 Å². The van der Waals surface area contributed by atoms with Crippen molar-refractivity contribution in [3.05, 3.63) is 82.9 Å². The van der Waals surface area contributed by atoms with Gasteiger partial charge in [0.25, 0.3) is 5.56 Å². The van der Waals surface area contributed by atoms with Crippen LogP contribution < -0.4 is 10.3 Å². The van der Waals surface area contributed by atoms with Crippen molar-refractivity contribution in [1.82, 2.24) is 19.2 Å². The van der Waals surface area contributed by atoms with E-state index in [1.54, 1.807) is 4.57 Å². The second-order valence-electron chi connectivity index (χ2n) is 6.62. The molecule has 6 nitrogen and oxygen atoms in total. The van der Waals surface area contributed by atoms with Crippen LogP contribution >= 0.6 is 0 Å². The normalized spacial score (nSPS) is 11.5. The van der Waals surface area contributed by atoms with Crippen molar-refractivity contribution in [2.75, 3.05) is 0 Å². The van der Waals surface area contributed by atoms with Crippen LogP contribution in [0, 0.1) is 0 Å². The Kier molecular flexibility index (Phi) is 3.83. The van der Waals surface area contributed by atoms with E-state index in [2.05, 4.69) is 22.3 Å². The topological polar surface area (TPSA) is 61.4 Å². The third-order valence-electron chi connectivity index (χ3n) is 4.98. The van der Waals surface area contributed by atoms with Gasteiger partial charge in [-0.05, 0) is 42.0 Å². The largest absolute Gasteiger partial charge is 0.486 e. The summed E-state index contributed by atoms with van der Waals surface area (Å²) in [6, 6.07) is 21.7. The quantitative estimate of drug-likeness (QED) is 0.483. The van der Waals surface area contributed by atoms with E-state index in [1.165, 1.54) is 5.39 Å². The van der Waals surface area contributed by atoms with E-state index in [-0.39, 0.29) is 12.2 Å². The van der Waals surface area contributed by atoms with Crippen molar-refractivity contribution >= 4 is 27.5 Å². The molecular weight excluding hydrogens is 352 g/mol. The third-order valence-corrected chi connectivity index (χ3v) is 4.98. The molecule has 0 N–H and O–H groups in total. The zero-order chi connectivity index (χ0) is 19.1. The minimum atomic E-state index is -0.0556. The molecule has 0 aliphatic carbocycles. The van der Waals surface area contributed by atoms with Crippen LogP contribution in [0.1, 0.15) is 12.7 Å². The maximum Gasteiger partial charge on any atom is 0.262 e. The highest BCUT2D eigenvalue weighted by Crippen LogP contribution is 2.22. The number of aryl methyl sites for hydroxylation is 1. The number of para-hydroxylation sites is 1. The number of nitrogens with zero attached hydrogens (tertiary/aromatic N) is 4. The predicted octanol–water partition coefficient (Wildman–Crippen LogP) is 3.80. The highest BCUT2D eigenvalue weighted by molar-refractivity contribution is 5.83. The number of aromatic nitrogens is 4. The Hall–Kier alpha value is -3.67. The molecule has 0 aliphatic heterocycles. The smallest absolute Gasteiger partial charge is 0.262 e. The van der Waals surface area contributed by atoms with Crippen molar-refractivity contribution in [2.24, 2.45) is 0 Å². The second-order valence-corrected chi connectivity index (χ2v) is 6.62. The highest BCUT2D eigenvalue weighted by atomic mass is 16.5. The molecule has 0 saturated carbocycles. The van der Waals surface area contributed by atoms with Crippen LogP contribution in [0.4, 0.5) is 0 Å². The summed E-state index contributed by atoms with van der Waals surface area (Å²) in [6.07, 6.45) is 0. The minimum Gasteiger partial charge on any atom is -0.486 e. The Labute approximate surface area is 160 Å². The molecule has 138 valence electrons. The van der Waals surface area contributed by atoms with Gasteiger partial charge < -0.3 is 4.74 Å². The Morgan fingerprint density at radius 3 is 2.57 bits per heavy atom. The summed E-state index contributed by atoms with van der Waals surface area (Å²) in [5.74, 6) is 1.95. The van der Waals surface area contributed by atoms with Gasteiger partial charge in [-0.15, -0.1) is 10.2 Å². The first kappa shape index (κ1) is 16.5. The van der Waals surface area contributed by atoms with Gasteiger partial charge in [0.1, 0.15) is 12.4 Å². The van der Waals surface area contributed by atoms with Gasteiger partial charge in [-0.3, -0.25) is 13.8 Å². The maximum absolute atomic E-state index is 12.7. The first-order chi connectivity index (χ1) is 13.8. The number of ether oxygens (including phenoxy) is 1. The van der Waals surface area contributed by atoms with E-state index >= 15 is 0 Å². The first-order valence-corrected chi connectivity index (χ1v) is 9.23. The molecule has 0 radical (unpaired) electrons. The highest BCUT2D eigenvalue weighted by Gasteiger charge is 2.15. The molecule has 2 aromatic heterocycles. The molecule has 0 fully saturated rings. The van der Waals surface area contributed by atoms with Crippen molar-refractivity contribution < 1.29 is 4.74 Å². The predicted molar refractivity (Wildman–Crippen MR) is 109 cm³/mol. The summed E-state index contributed by atoms with van der Waals surface area (Å²) in [6.45, 7) is 2.71. The van der Waals surface area contributed by atoms with E-state index in [4.69, 9.17) is 4.74 Å². The van der Waals surface area contributed by atoms with Crippen LogP contribution in [0.15, 0.2) is 71.5 Å². The summed E-state index contributed by atoms with van der Waals surface area (Å²) in [5, 5.41) is 11.5. The molecule has 0 aliphatic rings. The van der Waals surface area contributed by atoms with E-state index < -0.39 is 0 Å². The Morgan fingerprint density at radius 2 is 1.71 bits per heavy atom. The Bertz CT molecular complexity index is 1380. The van der Waals surface area contributed by atoms with Crippen LogP contribution in [0.2, 0.25) is 0 Å². The fourth-order valence-electron chi connectivity index (χ4n) is 3.60. The molecule has 28 heavy (non-hydrogen) atoms. The van der Waals surface area contributed by atoms with E-state index in [0.29, 0.717) is 23.5 Å². The van der Waals surface area contributed by atoms with Crippen LogP contribution in [0.5, 0.6) is 5.75 Å². The van der Waals surface area contributed by atoms with Crippen molar-refractivity contribution in [1.29, 1.82) is 0 Å². The Balaban J connectivity index is 1.59. The van der Waals surface area contributed by atoms with Gasteiger partial charge in [0.15, 0.2) is 5.82 Å². The summed E-state index contributed by atoms with van der Waals surface area (Å²) < 4.78 is 9.55. The number of fused-ring (bicyclic) bond motifs is 4. The molecule has 0 bridgehead atoms. The maximum atomic E-state index is 12.7. The molecule has 5 aromatic rings. The number of hydrogen-bond acceptors (Lipinski definition) is 4. The summed E-state index contributed by atoms with van der Waals surface area (Å²) in [5.41, 5.74) is 0.731. The first-order valence-electron chi connectivity index (χ1n) is 9.23. The molecule has 0 saturated heterocycles. The van der Waals surface area contributed by atoms with Gasteiger partial charge in [0, 0.05) is 6.54 Å². The van der Waals surface area contributed by atoms with Crippen molar-refractivity contribution in [3.8, 4) is 5.75 Å². The fraction of sp³-hybridized carbons (Fsp3) is 0.136. The average molecular weight is 370 g/mol. The molecule has 0 spiro atoms. The lowest BCUT2D eigenvalue weighted by atomic mass is 10.1. The molecule has 2 heterocycles. The minimum absolute atomic E-state index is 0.0556. The van der Waals surface area contributed by atoms with Crippen molar-refractivity contribution in [2.45, 2.75) is 20.1 Å². The zero-order valence-corrected chi connectivity index (χ0v) is 15.4. The third kappa shape index (κ3) is 2.53. The van der Waals surface area contributed by atoms with Crippen LogP contribution in [0.3, 0.4) is 0 Å². The molecule has 0 amide bonds. The number of rotatable bonds is 4. The molecule has 5 rings (SSSR count). The number of hydrogen-bond donors (Lipinski definition) is 0. The van der Waals surface area contributed by atoms with Gasteiger partial charge in [0.2, 0.25) is 5.78 Å². The van der Waals surface area contributed by atoms with Crippen LogP contribution in [-0.4, -0.2) is 19.2 Å². The van der Waals surface area contributed by atoms with E-state index in [9.17, 15) is 4.79 Å². The SMILES string of the molecule is CCn1c(=O)c2ccccc2n2c(COc3ccc4ccccc4c3)nnc12. The monoisotopic (exact) mass is 370 g/mol. The lowest BCUT2D eigenvalue weighted by Gasteiger charge is -2.10. The van der Waals surface area contributed by atoms with Crippen LogP contribution in [0.25, 0.3) is 27.5 Å². The molecule has 3 aromatic carbocycles. The molecule has 6 heteroatoms. The van der Waals surface area contributed by atoms with Gasteiger partial charge in [-0.2, -0.15) is 0 Å². The number of benzene rings is 3. The molecule has 0 atom stereocenters. The van der Waals surface area contributed by atoms with Crippen LogP contribution in [-0.2, 0) is 13.2 Å². The molecule has 0 unspecified atom stereocenters. The summed E-state index contributed by atoms with van der Waals surface area (Å²) >= 11 is 0. The lowest BCUT2D eigenvalue weighted by molar-refractivity contribution is 0.295. The van der Waals surface area contributed by atoms with Gasteiger partial charge in [-0.25, -0.2) is 0 Å². The Morgan fingerprint density at radius 1 is 0.929 bits per heavy atom. The molecular formula is C22H18N4O2. The van der Waals surface area contributed by atoms with E-state index in [0.717, 1.165) is 16.7 Å². The summed E-state index contributed by atoms with van der Waals surface area (Å²) in [4.78, 5) is 12.7. The van der Waals surface area contributed by atoms with Gasteiger partial charge in [-0.1, -0.05) is 42.5 Å². The fourth-order valence-corrected chi connectivity index (χ4v) is 3.60. The van der Waals surface area contributed by atoms with Gasteiger partial charge >= 0.3 is 0 Å². The average Bonchev–Trinajstić information content (AvgIpc) is 3.16. The summed E-state index contributed by atoms with van der Waals surface area (Å²) in [7, 11) is 0. The standard InChI is InChI=1S/C22H18N4O2/c1-2-25-21(27)18-9-5-6-10-19(18)26-20(23-24-22(25)26)14-28-17-12-11-15-7-3-4-8-16(15)13-17/h3-13H,2,14H2,1H3. The lowest BCUT2D eigenvalue weighted by Crippen LogP contribution is -2.22. The van der Waals surface area contributed by atoms with E-state index in [1.807, 2.05) is 65.9 Å². The zero-order valence-electron chi connectivity index (χ0n) is 15.4.